The largest absolute Gasteiger partial charge is 0.389 e. The third kappa shape index (κ3) is 4.92. The Morgan fingerprint density at radius 3 is 2.59 bits per heavy atom. The van der Waals surface area contributed by atoms with E-state index in [-0.39, 0.29) is 6.10 Å². The smallest absolute Gasteiger partial charge is 0.0900 e. The quantitative estimate of drug-likeness (QED) is 0.681. The fourth-order valence-corrected chi connectivity index (χ4v) is 2.52. The zero-order valence-electron chi connectivity index (χ0n) is 10.9. The van der Waals surface area contributed by atoms with Gasteiger partial charge in [-0.25, -0.2) is 0 Å². The van der Waals surface area contributed by atoms with E-state index < -0.39 is 0 Å². The first-order valence-corrected chi connectivity index (χ1v) is 6.90. The highest BCUT2D eigenvalue weighted by Crippen LogP contribution is 2.28. The molecule has 0 amide bonds. The Morgan fingerprint density at radius 2 is 2.00 bits per heavy atom. The third-order valence-electron chi connectivity index (χ3n) is 3.81. The number of nitrogens with one attached hydrogen (secondary N) is 1. The zero-order valence-corrected chi connectivity index (χ0v) is 10.9. The Morgan fingerprint density at radius 1 is 1.29 bits per heavy atom. The van der Waals surface area contributed by atoms with E-state index in [1.165, 1.54) is 32.2 Å². The summed E-state index contributed by atoms with van der Waals surface area (Å²) in [6.45, 7) is 4.62. The van der Waals surface area contributed by atoms with Crippen molar-refractivity contribution in [3.05, 3.63) is 0 Å². The lowest BCUT2D eigenvalue weighted by molar-refractivity contribution is 0.0311. The van der Waals surface area contributed by atoms with Crippen molar-refractivity contribution in [2.45, 2.75) is 37.8 Å². The van der Waals surface area contributed by atoms with Crippen LogP contribution in [0.3, 0.4) is 0 Å². The Labute approximate surface area is 104 Å². The molecule has 2 N–H and O–H groups in total. The molecule has 2 aliphatic rings. The van der Waals surface area contributed by atoms with Gasteiger partial charge in [0.15, 0.2) is 0 Å². The lowest BCUT2D eigenvalue weighted by Crippen LogP contribution is -2.45. The van der Waals surface area contributed by atoms with Crippen LogP contribution in [0.15, 0.2) is 0 Å². The van der Waals surface area contributed by atoms with E-state index in [1.54, 1.807) is 7.11 Å². The first-order valence-electron chi connectivity index (χ1n) is 6.90. The van der Waals surface area contributed by atoms with Crippen LogP contribution in [0.1, 0.15) is 25.7 Å². The van der Waals surface area contributed by atoms with Gasteiger partial charge in [-0.2, -0.15) is 0 Å². The molecule has 1 aliphatic heterocycles. The van der Waals surface area contributed by atoms with E-state index in [9.17, 15) is 5.11 Å². The highest BCUT2D eigenvalue weighted by atomic mass is 16.5. The van der Waals surface area contributed by atoms with Crippen LogP contribution in [0.2, 0.25) is 0 Å². The number of nitrogens with zero attached hydrogens (tertiary/aromatic N) is 1. The van der Waals surface area contributed by atoms with Crippen LogP contribution in [0.4, 0.5) is 0 Å². The van der Waals surface area contributed by atoms with Crippen molar-refractivity contribution in [1.82, 2.24) is 10.2 Å². The number of β-amino-alcohol motifs (C(OH)–C–C–N with tert-alkyl or cyclic N) is 1. The Bertz CT molecular complexity index is 213. The molecule has 0 bridgehead atoms. The number of hydrogen-bond acceptors (Lipinski definition) is 4. The molecule has 1 saturated heterocycles. The van der Waals surface area contributed by atoms with Crippen LogP contribution in [0.25, 0.3) is 0 Å². The highest BCUT2D eigenvalue weighted by molar-refractivity contribution is 4.82. The van der Waals surface area contributed by atoms with Crippen LogP contribution >= 0.6 is 0 Å². The van der Waals surface area contributed by atoms with Gasteiger partial charge < -0.3 is 20.1 Å². The lowest BCUT2D eigenvalue weighted by atomic mass is 10.0. The number of rotatable bonds is 7. The van der Waals surface area contributed by atoms with E-state index in [2.05, 4.69) is 10.2 Å². The summed E-state index contributed by atoms with van der Waals surface area (Å²) in [5.41, 5.74) is 0. The summed E-state index contributed by atoms with van der Waals surface area (Å²) in [4.78, 5) is 2.35. The molecule has 1 unspecified atom stereocenters. The second-order valence-electron chi connectivity index (χ2n) is 5.54. The van der Waals surface area contributed by atoms with Gasteiger partial charge in [0.1, 0.15) is 0 Å². The number of aliphatic hydroxyl groups excluding tert-OH is 1. The van der Waals surface area contributed by atoms with Crippen molar-refractivity contribution >= 4 is 0 Å². The Kier molecular flexibility index (Phi) is 5.22. The SMILES string of the molecule is COCC(O)CN1CCC(NCC2CC2)CC1. The average Bonchev–Trinajstić information content (AvgIpc) is 3.12. The van der Waals surface area contributed by atoms with Gasteiger partial charge in [-0.1, -0.05) is 0 Å². The maximum absolute atomic E-state index is 9.67. The molecule has 2 rings (SSSR count). The maximum Gasteiger partial charge on any atom is 0.0900 e. The summed E-state index contributed by atoms with van der Waals surface area (Å²) in [5, 5.41) is 13.3. The molecule has 4 heteroatoms. The van der Waals surface area contributed by atoms with E-state index >= 15 is 0 Å². The molecule has 0 radical (unpaired) electrons. The van der Waals surface area contributed by atoms with Gasteiger partial charge in [-0.15, -0.1) is 0 Å². The van der Waals surface area contributed by atoms with E-state index in [0.717, 1.165) is 25.6 Å². The summed E-state index contributed by atoms with van der Waals surface area (Å²) >= 11 is 0. The molecule has 0 aromatic carbocycles. The number of ether oxygens (including phenoxy) is 1. The van der Waals surface area contributed by atoms with Crippen molar-refractivity contribution in [3.63, 3.8) is 0 Å². The molecule has 1 atom stereocenters. The zero-order chi connectivity index (χ0) is 12.1. The van der Waals surface area contributed by atoms with Crippen LogP contribution in [0.5, 0.6) is 0 Å². The lowest BCUT2D eigenvalue weighted by Gasteiger charge is -2.33. The summed E-state index contributed by atoms with van der Waals surface area (Å²) in [6.07, 6.45) is 4.94. The Balaban J connectivity index is 1.56. The van der Waals surface area contributed by atoms with Crippen molar-refractivity contribution < 1.29 is 9.84 Å². The number of aliphatic hydroxyl groups is 1. The van der Waals surface area contributed by atoms with Gasteiger partial charge in [0.05, 0.1) is 12.7 Å². The summed E-state index contributed by atoms with van der Waals surface area (Å²) < 4.78 is 4.95. The molecule has 1 saturated carbocycles. The van der Waals surface area contributed by atoms with Crippen molar-refractivity contribution in [3.8, 4) is 0 Å². The van der Waals surface area contributed by atoms with Gasteiger partial charge in [0, 0.05) is 19.7 Å². The number of likely N-dealkylation sites (tertiary alicyclic amines) is 1. The van der Waals surface area contributed by atoms with Gasteiger partial charge in [0.2, 0.25) is 0 Å². The summed E-state index contributed by atoms with van der Waals surface area (Å²) in [6, 6.07) is 0.700. The number of methoxy groups -OCH3 is 1. The summed E-state index contributed by atoms with van der Waals surface area (Å²) in [7, 11) is 1.64. The van der Waals surface area contributed by atoms with Gasteiger partial charge >= 0.3 is 0 Å². The first kappa shape index (κ1) is 13.3. The summed E-state index contributed by atoms with van der Waals surface area (Å²) in [5.74, 6) is 0.969. The van der Waals surface area contributed by atoms with Crippen molar-refractivity contribution in [2.24, 2.45) is 5.92 Å². The molecule has 1 aliphatic carbocycles. The molecular weight excluding hydrogens is 216 g/mol. The average molecular weight is 242 g/mol. The number of hydrogen-bond donors (Lipinski definition) is 2. The minimum atomic E-state index is -0.337. The molecule has 4 nitrogen and oxygen atoms in total. The fourth-order valence-electron chi connectivity index (χ4n) is 2.52. The standard InChI is InChI=1S/C13H26N2O2/c1-17-10-13(16)9-15-6-4-12(5-7-15)14-8-11-2-3-11/h11-14,16H,2-10H2,1H3. The minimum absolute atomic E-state index is 0.337. The maximum atomic E-state index is 9.67. The van der Waals surface area contributed by atoms with E-state index in [0.29, 0.717) is 12.6 Å². The van der Waals surface area contributed by atoms with Crippen molar-refractivity contribution in [2.75, 3.05) is 39.9 Å². The normalized spacial score (nSPS) is 25.1. The van der Waals surface area contributed by atoms with Crippen LogP contribution < -0.4 is 5.32 Å². The molecule has 17 heavy (non-hydrogen) atoms. The number of piperidine rings is 1. The second-order valence-corrected chi connectivity index (χ2v) is 5.54. The molecule has 0 spiro atoms. The fraction of sp³-hybridized carbons (Fsp3) is 1.00. The van der Waals surface area contributed by atoms with Crippen LogP contribution in [-0.2, 0) is 4.74 Å². The molecule has 0 aromatic rings. The molecule has 2 fully saturated rings. The predicted octanol–water partition coefficient (Wildman–Crippen LogP) is 0.458. The van der Waals surface area contributed by atoms with Gasteiger partial charge in [-0.05, 0) is 51.2 Å². The van der Waals surface area contributed by atoms with Crippen LogP contribution in [0, 0.1) is 5.92 Å². The van der Waals surface area contributed by atoms with Gasteiger partial charge in [-0.3, -0.25) is 0 Å². The monoisotopic (exact) mass is 242 g/mol. The molecule has 0 aromatic heterocycles. The second kappa shape index (κ2) is 6.69. The molecule has 100 valence electrons. The topological polar surface area (TPSA) is 44.7 Å². The molecular formula is C13H26N2O2. The third-order valence-corrected chi connectivity index (χ3v) is 3.81. The predicted molar refractivity (Wildman–Crippen MR) is 68.1 cm³/mol. The van der Waals surface area contributed by atoms with E-state index in [1.807, 2.05) is 0 Å². The highest BCUT2D eigenvalue weighted by Gasteiger charge is 2.24. The molecule has 1 heterocycles. The van der Waals surface area contributed by atoms with Gasteiger partial charge in [0.25, 0.3) is 0 Å². The minimum Gasteiger partial charge on any atom is -0.389 e. The first-order chi connectivity index (χ1) is 8.28. The van der Waals surface area contributed by atoms with E-state index in [4.69, 9.17) is 4.74 Å². The Hall–Kier alpha value is -0.160. The van der Waals surface area contributed by atoms with Crippen molar-refractivity contribution in [1.29, 1.82) is 0 Å². The van der Waals surface area contributed by atoms with Crippen LogP contribution in [-0.4, -0.2) is 62.0 Å².